The second-order valence-corrected chi connectivity index (χ2v) is 5.15. The molecule has 5 nitrogen and oxygen atoms in total. The topological polar surface area (TPSA) is 75.2 Å². The maximum absolute atomic E-state index is 11.4. The van der Waals surface area contributed by atoms with Crippen LogP contribution in [0, 0.1) is 0 Å². The molecule has 2 rings (SSSR count). The lowest BCUT2D eigenvalue weighted by Gasteiger charge is -2.07. The summed E-state index contributed by atoms with van der Waals surface area (Å²) >= 11 is 0. The van der Waals surface area contributed by atoms with Crippen LogP contribution in [-0.4, -0.2) is 26.6 Å². The monoisotopic (exact) mass is 185 g/mol. The molecule has 0 fully saturated rings. The maximum atomic E-state index is 11.4. The number of hydrogen-bond donors (Lipinski definition) is 1. The first-order chi connectivity index (χ1) is 5.58. The van der Waals surface area contributed by atoms with E-state index in [0.29, 0.717) is 11.3 Å². The molecule has 1 N–H and O–H groups in total. The summed E-state index contributed by atoms with van der Waals surface area (Å²) < 4.78 is 15.0. The molecule has 0 aromatic carbocycles. The smallest absolute Gasteiger partial charge is 0.281 e. The highest BCUT2D eigenvalue weighted by Gasteiger charge is 2.22. The zero-order valence-electron chi connectivity index (χ0n) is 6.40. The molecule has 6 heteroatoms. The van der Waals surface area contributed by atoms with E-state index in [9.17, 15) is 9.00 Å². The molecular weight excluding hydrogens is 178 g/mol. The Morgan fingerprint density at radius 3 is 3.17 bits per heavy atom. The highest BCUT2D eigenvalue weighted by atomic mass is 32.2. The van der Waals surface area contributed by atoms with Crippen LogP contribution in [0.1, 0.15) is 16.1 Å². The fourth-order valence-corrected chi connectivity index (χ4v) is 2.40. The van der Waals surface area contributed by atoms with Crippen LogP contribution in [0.3, 0.4) is 0 Å². The van der Waals surface area contributed by atoms with Crippen LogP contribution < -0.4 is 0 Å². The molecule has 12 heavy (non-hydrogen) atoms. The third-order valence-corrected chi connectivity index (χ3v) is 3.01. The van der Waals surface area contributed by atoms with Gasteiger partial charge < -0.3 is 0 Å². The van der Waals surface area contributed by atoms with E-state index in [1.807, 2.05) is 0 Å². The summed E-state index contributed by atoms with van der Waals surface area (Å²) in [6.45, 7) is 0. The van der Waals surface area contributed by atoms with Crippen molar-refractivity contribution >= 4 is 15.6 Å². The van der Waals surface area contributed by atoms with Gasteiger partial charge in [0.15, 0.2) is 0 Å². The number of nitrogens with one attached hydrogen (secondary N) is 1. The van der Waals surface area contributed by atoms with Gasteiger partial charge in [-0.05, 0) is 0 Å². The van der Waals surface area contributed by atoms with E-state index in [0.717, 1.165) is 0 Å². The van der Waals surface area contributed by atoms with E-state index in [1.165, 1.54) is 12.5 Å². The van der Waals surface area contributed by atoms with Crippen LogP contribution in [0.4, 0.5) is 0 Å². The van der Waals surface area contributed by atoms with Gasteiger partial charge >= 0.3 is 0 Å². The molecule has 1 unspecified atom stereocenters. The molecule has 0 spiro atoms. The molecule has 0 saturated heterocycles. The van der Waals surface area contributed by atoms with E-state index in [4.69, 9.17) is 0 Å². The summed E-state index contributed by atoms with van der Waals surface area (Å²) in [5.41, 5.74) is 1.07. The predicted octanol–water partition coefficient (Wildman–Crippen LogP) is 0.161. The first-order valence-electron chi connectivity index (χ1n) is 3.35. The maximum Gasteiger partial charge on any atom is 0.288 e. The minimum absolute atomic E-state index is 0.286. The molecule has 0 bridgehead atoms. The van der Waals surface area contributed by atoms with Gasteiger partial charge in [0.25, 0.3) is 5.91 Å². The van der Waals surface area contributed by atoms with E-state index < -0.39 is 15.6 Å². The third kappa shape index (κ3) is 1.04. The summed E-state index contributed by atoms with van der Waals surface area (Å²) in [4.78, 5) is 11.2. The van der Waals surface area contributed by atoms with E-state index in [-0.39, 0.29) is 5.75 Å². The number of rotatable bonds is 0. The van der Waals surface area contributed by atoms with Gasteiger partial charge in [0.05, 0.1) is 32.9 Å². The van der Waals surface area contributed by atoms with Gasteiger partial charge in [-0.2, -0.15) is 9.46 Å². The van der Waals surface area contributed by atoms with Crippen molar-refractivity contribution in [1.29, 1.82) is 0 Å². The van der Waals surface area contributed by atoms with Gasteiger partial charge in [-0.25, -0.2) is 4.21 Å². The van der Waals surface area contributed by atoms with E-state index in [1.54, 1.807) is 0 Å². The number of aromatic amines is 1. The van der Waals surface area contributed by atoms with Crippen LogP contribution in [0.5, 0.6) is 0 Å². The lowest BCUT2D eigenvalue weighted by molar-refractivity contribution is 0.100. The second-order valence-electron chi connectivity index (χ2n) is 2.76. The number of H-pyrrole nitrogens is 1. The number of fused-ring (bicyclic) bond motifs is 1. The zero-order valence-corrected chi connectivity index (χ0v) is 7.22. The molecule has 1 amide bonds. The number of carbonyl (C=O) groups excluding carboxylic acids is 1. The summed E-state index contributed by atoms with van der Waals surface area (Å²) in [5, 5.41) is 6.32. The molecular formula is C6H7N3O2S. The predicted molar refractivity (Wildman–Crippen MR) is 43.1 cm³/mol. The van der Waals surface area contributed by atoms with Gasteiger partial charge in [0.2, 0.25) is 0 Å². The Labute approximate surface area is 69.4 Å². The molecule has 64 valence electrons. The molecule has 1 aromatic rings. The summed E-state index contributed by atoms with van der Waals surface area (Å²) in [7, 11) is -2.36. The van der Waals surface area contributed by atoms with Gasteiger partial charge in [0, 0.05) is 6.26 Å². The van der Waals surface area contributed by atoms with Crippen molar-refractivity contribution in [3.63, 3.8) is 0 Å². The molecule has 0 saturated carbocycles. The molecule has 1 aliphatic heterocycles. The zero-order chi connectivity index (χ0) is 8.77. The largest absolute Gasteiger partial charge is 0.288 e. The van der Waals surface area contributed by atoms with Crippen LogP contribution >= 0.6 is 0 Å². The fourth-order valence-electron chi connectivity index (χ4n) is 1.13. The molecule has 1 aromatic heterocycles. The van der Waals surface area contributed by atoms with Gasteiger partial charge in [-0.1, -0.05) is 0 Å². The Bertz CT molecular complexity index is 453. The third-order valence-electron chi connectivity index (χ3n) is 1.64. The van der Waals surface area contributed by atoms with E-state index >= 15 is 0 Å². The minimum atomic E-state index is -2.36. The summed E-state index contributed by atoms with van der Waals surface area (Å²) in [6.07, 6.45) is 2.88. The van der Waals surface area contributed by atoms with Crippen LogP contribution in [0.2, 0.25) is 0 Å². The number of carbonyl (C=O) groups is 1. The highest BCUT2D eigenvalue weighted by Crippen LogP contribution is 2.17. The van der Waals surface area contributed by atoms with Crippen LogP contribution in [0.25, 0.3) is 0 Å². The number of hydrogen-bond acceptors (Lipinski definition) is 3. The number of aromatic nitrogens is 2. The Kier molecular flexibility index (Phi) is 1.35. The second kappa shape index (κ2) is 2.16. The van der Waals surface area contributed by atoms with Crippen molar-refractivity contribution in [2.75, 3.05) is 6.26 Å². The average Bonchev–Trinajstić information content (AvgIpc) is 2.31. The van der Waals surface area contributed by atoms with Gasteiger partial charge in [-0.3, -0.25) is 9.89 Å². The minimum Gasteiger partial charge on any atom is -0.281 e. The fraction of sp³-hybridized carbons (Fsp3) is 0.333. The first-order valence-corrected chi connectivity index (χ1v) is 5.44. The Morgan fingerprint density at radius 1 is 1.67 bits per heavy atom. The molecule has 1 atom stereocenters. The number of amides is 1. The molecule has 2 heterocycles. The molecule has 0 radical (unpaired) electrons. The SMILES string of the molecule is CS1(=O)=NC(=O)c2cn[nH]c2C1. The van der Waals surface area contributed by atoms with Crippen molar-refractivity contribution in [2.24, 2.45) is 4.36 Å². The van der Waals surface area contributed by atoms with Crippen molar-refractivity contribution in [3.8, 4) is 0 Å². The normalized spacial score (nSPS) is 27.9. The van der Waals surface area contributed by atoms with E-state index in [2.05, 4.69) is 14.6 Å². The first kappa shape index (κ1) is 7.48. The lowest BCUT2D eigenvalue weighted by atomic mass is 10.2. The highest BCUT2D eigenvalue weighted by molar-refractivity contribution is 7.92. The van der Waals surface area contributed by atoms with Crippen molar-refractivity contribution in [2.45, 2.75) is 5.75 Å². The van der Waals surface area contributed by atoms with Crippen molar-refractivity contribution in [1.82, 2.24) is 10.2 Å². The quantitative estimate of drug-likeness (QED) is 0.625. The Morgan fingerprint density at radius 2 is 2.42 bits per heavy atom. The standard InChI is InChI=1S/C6H7N3O2S/c1-12(11)3-5-4(2-7-8-5)6(10)9-12/h2H,3H2,1H3,(H,7,8). The van der Waals surface area contributed by atoms with Crippen molar-refractivity contribution < 1.29 is 9.00 Å². The lowest BCUT2D eigenvalue weighted by Crippen LogP contribution is -2.14. The number of nitrogens with zero attached hydrogens (tertiary/aromatic N) is 2. The average molecular weight is 185 g/mol. The Balaban J connectivity index is 2.65. The molecule has 0 aliphatic carbocycles. The van der Waals surface area contributed by atoms with Gasteiger partial charge in [-0.15, -0.1) is 0 Å². The molecule has 1 aliphatic rings. The van der Waals surface area contributed by atoms with Crippen molar-refractivity contribution in [3.05, 3.63) is 17.5 Å². The van der Waals surface area contributed by atoms with Gasteiger partial charge in [0.1, 0.15) is 0 Å². The van der Waals surface area contributed by atoms with Crippen LogP contribution in [0.15, 0.2) is 10.6 Å². The summed E-state index contributed by atoms with van der Waals surface area (Å²) in [5.74, 6) is -0.147. The Hall–Kier alpha value is -1.17. The van der Waals surface area contributed by atoms with Crippen LogP contribution in [-0.2, 0) is 15.5 Å². The summed E-state index contributed by atoms with van der Waals surface area (Å²) in [6, 6.07) is 0.